The summed E-state index contributed by atoms with van der Waals surface area (Å²) in [6.07, 6.45) is 1.96. The van der Waals surface area contributed by atoms with E-state index in [4.69, 9.17) is 9.47 Å². The maximum absolute atomic E-state index is 12.7. The summed E-state index contributed by atoms with van der Waals surface area (Å²) in [5.41, 5.74) is 4.73. The van der Waals surface area contributed by atoms with E-state index in [-0.39, 0.29) is 24.4 Å². The first kappa shape index (κ1) is 18.4. The molecule has 1 atom stereocenters. The van der Waals surface area contributed by atoms with Gasteiger partial charge in [0.05, 0.1) is 12.3 Å². The van der Waals surface area contributed by atoms with Gasteiger partial charge in [0.25, 0.3) is 5.91 Å². The van der Waals surface area contributed by atoms with Crippen LogP contribution in [0, 0.1) is 0 Å². The fourth-order valence-corrected chi connectivity index (χ4v) is 3.45. The summed E-state index contributed by atoms with van der Waals surface area (Å²) in [5, 5.41) is 6.29. The second-order valence-electron chi connectivity index (χ2n) is 6.52. The van der Waals surface area contributed by atoms with Crippen molar-refractivity contribution >= 4 is 29.7 Å². The highest BCUT2D eigenvalue weighted by atomic mass is 35.5. The monoisotopic (exact) mass is 374 g/mol. The predicted octanol–water partition coefficient (Wildman–Crippen LogP) is 4.05. The van der Waals surface area contributed by atoms with Crippen LogP contribution in [0.25, 0.3) is 0 Å². The summed E-state index contributed by atoms with van der Waals surface area (Å²) in [4.78, 5) is 12.7. The molecule has 1 unspecified atom stereocenters. The molecule has 1 amide bonds. The highest BCUT2D eigenvalue weighted by molar-refractivity contribution is 6.05. The minimum atomic E-state index is -0.137. The molecule has 2 aromatic carbocycles. The minimum Gasteiger partial charge on any atom is -0.492 e. The number of hydrogen-bond acceptors (Lipinski definition) is 4. The summed E-state index contributed by atoms with van der Waals surface area (Å²) in [5.74, 6) is 1.38. The number of hydrogen-bond donors (Lipinski definition) is 2. The van der Waals surface area contributed by atoms with Crippen LogP contribution in [0.1, 0.15) is 35.3 Å². The average Bonchev–Trinajstić information content (AvgIpc) is 3.19. The van der Waals surface area contributed by atoms with Gasteiger partial charge in [-0.3, -0.25) is 4.79 Å². The lowest BCUT2D eigenvalue weighted by atomic mass is 10.1. The van der Waals surface area contributed by atoms with Crippen LogP contribution in [-0.2, 0) is 12.8 Å². The Kier molecular flexibility index (Phi) is 5.28. The van der Waals surface area contributed by atoms with Crippen LogP contribution >= 0.6 is 12.4 Å². The summed E-state index contributed by atoms with van der Waals surface area (Å²) in [6.45, 7) is 5.44. The lowest BCUT2D eigenvalue weighted by Crippen LogP contribution is -2.13. The zero-order chi connectivity index (χ0) is 17.4. The summed E-state index contributed by atoms with van der Waals surface area (Å²) in [6, 6.07) is 9.62. The summed E-state index contributed by atoms with van der Waals surface area (Å²) >= 11 is 0. The lowest BCUT2D eigenvalue weighted by Gasteiger charge is -2.14. The first-order valence-electron chi connectivity index (χ1n) is 8.78. The van der Waals surface area contributed by atoms with Crippen molar-refractivity contribution in [3.63, 3.8) is 0 Å². The number of ether oxygens (including phenoxy) is 2. The quantitative estimate of drug-likeness (QED) is 0.847. The van der Waals surface area contributed by atoms with E-state index >= 15 is 0 Å². The van der Waals surface area contributed by atoms with Gasteiger partial charge in [-0.15, -0.1) is 12.4 Å². The molecular weight excluding hydrogens is 352 g/mol. The van der Waals surface area contributed by atoms with Gasteiger partial charge in [-0.25, -0.2) is 0 Å². The van der Waals surface area contributed by atoms with E-state index in [9.17, 15) is 4.79 Å². The number of carbonyl (C=O) groups excluding carboxylic acids is 1. The largest absolute Gasteiger partial charge is 0.492 e. The molecule has 0 aromatic heterocycles. The molecule has 4 rings (SSSR count). The van der Waals surface area contributed by atoms with Crippen LogP contribution in [0.4, 0.5) is 11.4 Å². The third-order valence-corrected chi connectivity index (χ3v) is 4.62. The summed E-state index contributed by atoms with van der Waals surface area (Å²) < 4.78 is 11.5. The zero-order valence-electron chi connectivity index (χ0n) is 14.9. The maximum atomic E-state index is 12.7. The SMILES string of the molecule is CCOc1cc2c(cc1NC(=O)c1ccc3c(c1)CCN3)OC(C)C2.Cl. The maximum Gasteiger partial charge on any atom is 0.255 e. The molecule has 0 radical (unpaired) electrons. The molecule has 0 fully saturated rings. The third-order valence-electron chi connectivity index (χ3n) is 4.62. The van der Waals surface area contributed by atoms with Gasteiger partial charge >= 0.3 is 0 Å². The Morgan fingerprint density at radius 3 is 2.96 bits per heavy atom. The molecule has 5 nitrogen and oxygen atoms in total. The van der Waals surface area contributed by atoms with Crippen molar-refractivity contribution in [1.82, 2.24) is 0 Å². The Balaban J connectivity index is 0.00000196. The number of halogens is 1. The average molecular weight is 375 g/mol. The van der Waals surface area contributed by atoms with Crippen molar-refractivity contribution < 1.29 is 14.3 Å². The van der Waals surface area contributed by atoms with Gasteiger partial charge < -0.3 is 20.1 Å². The minimum absolute atomic E-state index is 0. The molecule has 0 saturated carbocycles. The van der Waals surface area contributed by atoms with E-state index < -0.39 is 0 Å². The van der Waals surface area contributed by atoms with Crippen molar-refractivity contribution in [2.45, 2.75) is 32.8 Å². The fourth-order valence-electron chi connectivity index (χ4n) is 3.45. The van der Waals surface area contributed by atoms with Crippen molar-refractivity contribution in [3.8, 4) is 11.5 Å². The van der Waals surface area contributed by atoms with Crippen LogP contribution < -0.4 is 20.1 Å². The Morgan fingerprint density at radius 1 is 1.31 bits per heavy atom. The molecule has 0 bridgehead atoms. The number of benzene rings is 2. The number of rotatable bonds is 4. The second kappa shape index (κ2) is 7.46. The molecule has 2 heterocycles. The van der Waals surface area contributed by atoms with E-state index in [1.54, 1.807) is 0 Å². The molecule has 6 heteroatoms. The van der Waals surface area contributed by atoms with Crippen LogP contribution in [0.15, 0.2) is 30.3 Å². The number of amides is 1. The van der Waals surface area contributed by atoms with Gasteiger partial charge in [-0.1, -0.05) is 0 Å². The van der Waals surface area contributed by atoms with Gasteiger partial charge in [0, 0.05) is 35.8 Å². The number of carbonyl (C=O) groups is 1. The van der Waals surface area contributed by atoms with Crippen LogP contribution in [-0.4, -0.2) is 25.2 Å². The lowest BCUT2D eigenvalue weighted by molar-refractivity contribution is 0.102. The van der Waals surface area contributed by atoms with E-state index in [0.29, 0.717) is 23.6 Å². The Hall–Kier alpha value is -2.40. The molecule has 2 aliphatic heterocycles. The van der Waals surface area contributed by atoms with E-state index in [1.807, 2.05) is 44.2 Å². The van der Waals surface area contributed by atoms with Crippen LogP contribution in [0.3, 0.4) is 0 Å². The van der Waals surface area contributed by atoms with Crippen LogP contribution in [0.2, 0.25) is 0 Å². The Bertz CT molecular complexity index is 838. The van der Waals surface area contributed by atoms with Gasteiger partial charge in [-0.05, 0) is 50.1 Å². The Labute approximate surface area is 159 Å². The van der Waals surface area contributed by atoms with Gasteiger partial charge in [0.15, 0.2) is 0 Å². The predicted molar refractivity (Wildman–Crippen MR) is 105 cm³/mol. The molecule has 0 saturated heterocycles. The molecule has 26 heavy (non-hydrogen) atoms. The molecular formula is C20H23ClN2O3. The standard InChI is InChI=1S/C20H22N2O3.ClH/c1-3-24-19-10-15-8-12(2)25-18(15)11-17(19)22-20(23)14-4-5-16-13(9-14)6-7-21-16;/h4-5,9-12,21H,3,6-8H2,1-2H3,(H,22,23);1H. The molecule has 138 valence electrons. The zero-order valence-corrected chi connectivity index (χ0v) is 15.7. The first-order valence-corrected chi connectivity index (χ1v) is 8.78. The van der Waals surface area contributed by atoms with Crippen molar-refractivity contribution in [3.05, 3.63) is 47.0 Å². The highest BCUT2D eigenvalue weighted by Crippen LogP contribution is 2.38. The molecule has 2 aromatic rings. The topological polar surface area (TPSA) is 59.6 Å². The smallest absolute Gasteiger partial charge is 0.255 e. The van der Waals surface area contributed by atoms with Crippen LogP contribution in [0.5, 0.6) is 11.5 Å². The second-order valence-corrected chi connectivity index (χ2v) is 6.52. The molecule has 2 N–H and O–H groups in total. The van der Waals surface area contributed by atoms with E-state index in [2.05, 4.69) is 10.6 Å². The van der Waals surface area contributed by atoms with E-state index in [1.165, 1.54) is 5.56 Å². The number of fused-ring (bicyclic) bond motifs is 2. The molecule has 0 aliphatic carbocycles. The summed E-state index contributed by atoms with van der Waals surface area (Å²) in [7, 11) is 0. The van der Waals surface area contributed by atoms with Gasteiger partial charge in [-0.2, -0.15) is 0 Å². The number of anilines is 2. The van der Waals surface area contributed by atoms with E-state index in [0.717, 1.165) is 36.4 Å². The normalized spacial score (nSPS) is 16.6. The Morgan fingerprint density at radius 2 is 2.15 bits per heavy atom. The molecule has 2 aliphatic rings. The third kappa shape index (κ3) is 3.44. The van der Waals surface area contributed by atoms with Crippen molar-refractivity contribution in [2.75, 3.05) is 23.8 Å². The van der Waals surface area contributed by atoms with Gasteiger partial charge in [0.1, 0.15) is 17.6 Å². The molecule has 0 spiro atoms. The fraction of sp³-hybridized carbons (Fsp3) is 0.350. The van der Waals surface area contributed by atoms with Gasteiger partial charge in [0.2, 0.25) is 0 Å². The first-order chi connectivity index (χ1) is 12.1. The van der Waals surface area contributed by atoms with Crippen molar-refractivity contribution in [2.24, 2.45) is 0 Å². The number of nitrogens with one attached hydrogen (secondary N) is 2. The highest BCUT2D eigenvalue weighted by Gasteiger charge is 2.23. The van der Waals surface area contributed by atoms with Crippen molar-refractivity contribution in [1.29, 1.82) is 0 Å².